The van der Waals surface area contributed by atoms with Gasteiger partial charge in [0.2, 0.25) is 18.6 Å². The highest BCUT2D eigenvalue weighted by Gasteiger charge is 2.34. The molecule has 1 fully saturated rings. The van der Waals surface area contributed by atoms with Crippen LogP contribution in [0.3, 0.4) is 0 Å². The summed E-state index contributed by atoms with van der Waals surface area (Å²) in [6.45, 7) is 2.79. The van der Waals surface area contributed by atoms with Gasteiger partial charge in [-0.15, -0.1) is 11.8 Å². The van der Waals surface area contributed by atoms with Crippen LogP contribution in [0.5, 0.6) is 11.5 Å². The molecule has 2 aromatic carbocycles. The van der Waals surface area contributed by atoms with E-state index in [-0.39, 0.29) is 37.6 Å². The molecule has 1 saturated heterocycles. The van der Waals surface area contributed by atoms with Crippen LogP contribution in [-0.4, -0.2) is 48.9 Å². The predicted molar refractivity (Wildman–Crippen MR) is 108 cm³/mol. The highest BCUT2D eigenvalue weighted by molar-refractivity contribution is 7.98. The van der Waals surface area contributed by atoms with Crippen molar-refractivity contribution in [3.05, 3.63) is 48.0 Å². The quantitative estimate of drug-likeness (QED) is 0.741. The number of fused-ring (bicyclic) bond motifs is 1. The van der Waals surface area contributed by atoms with Gasteiger partial charge in [0.25, 0.3) is 0 Å². The molecule has 0 saturated carbocycles. The number of anilines is 1. The van der Waals surface area contributed by atoms with E-state index in [4.69, 9.17) is 9.47 Å². The van der Waals surface area contributed by atoms with Crippen LogP contribution in [0.15, 0.2) is 47.4 Å². The number of thioether (sulfide) groups is 1. The van der Waals surface area contributed by atoms with Gasteiger partial charge in [0, 0.05) is 11.4 Å². The normalized spacial score (nSPS) is 18.5. The fourth-order valence-corrected chi connectivity index (χ4v) is 4.27. The van der Waals surface area contributed by atoms with Crippen LogP contribution in [0.1, 0.15) is 12.5 Å². The van der Waals surface area contributed by atoms with E-state index in [9.17, 15) is 9.59 Å². The molecule has 2 aliphatic heterocycles. The summed E-state index contributed by atoms with van der Waals surface area (Å²) in [4.78, 5) is 30.2. The molecule has 0 bridgehead atoms. The Morgan fingerprint density at radius 2 is 1.96 bits per heavy atom. The number of amides is 2. The number of ether oxygens (including phenoxy) is 2. The van der Waals surface area contributed by atoms with Crippen molar-refractivity contribution in [2.45, 2.75) is 24.3 Å². The van der Waals surface area contributed by atoms with E-state index >= 15 is 0 Å². The van der Waals surface area contributed by atoms with E-state index in [1.54, 1.807) is 16.7 Å². The van der Waals surface area contributed by atoms with Crippen molar-refractivity contribution in [2.75, 3.05) is 31.0 Å². The maximum Gasteiger partial charge on any atom is 0.246 e. The molecule has 2 amide bonds. The Balaban J connectivity index is 1.46. The first-order valence-corrected chi connectivity index (χ1v) is 10.4. The van der Waals surface area contributed by atoms with Crippen LogP contribution in [0.25, 0.3) is 0 Å². The van der Waals surface area contributed by atoms with Gasteiger partial charge in [0.1, 0.15) is 6.54 Å². The number of carbonyl (C=O) groups excluding carboxylic acids is 2. The number of rotatable bonds is 4. The van der Waals surface area contributed by atoms with Crippen molar-refractivity contribution >= 4 is 29.3 Å². The fraction of sp³-hybridized carbons (Fsp3) is 0.333. The summed E-state index contributed by atoms with van der Waals surface area (Å²) in [5.41, 5.74) is 1.76. The molecular weight excluding hydrogens is 376 g/mol. The molecule has 7 heteroatoms. The third kappa shape index (κ3) is 3.54. The summed E-state index contributed by atoms with van der Waals surface area (Å²) in [6, 6.07) is 13.3. The lowest BCUT2D eigenvalue weighted by atomic mass is 10.1. The molecule has 0 aromatic heterocycles. The Hall–Kier alpha value is -2.67. The van der Waals surface area contributed by atoms with Gasteiger partial charge in [0.15, 0.2) is 11.5 Å². The first-order valence-electron chi connectivity index (χ1n) is 9.18. The molecule has 1 atom stereocenters. The van der Waals surface area contributed by atoms with E-state index in [1.807, 2.05) is 60.5 Å². The van der Waals surface area contributed by atoms with E-state index < -0.39 is 0 Å². The monoisotopic (exact) mass is 398 g/mol. The largest absolute Gasteiger partial charge is 0.454 e. The van der Waals surface area contributed by atoms with E-state index in [2.05, 4.69) is 0 Å². The predicted octanol–water partition coefficient (Wildman–Crippen LogP) is 2.94. The summed E-state index contributed by atoms with van der Waals surface area (Å²) in [5.74, 6) is 1.24. The molecule has 0 unspecified atom stereocenters. The zero-order chi connectivity index (χ0) is 19.7. The average Bonchev–Trinajstić information content (AvgIpc) is 3.15. The molecule has 2 heterocycles. The van der Waals surface area contributed by atoms with Crippen molar-refractivity contribution in [1.29, 1.82) is 0 Å². The Morgan fingerprint density at radius 1 is 1.18 bits per heavy atom. The minimum Gasteiger partial charge on any atom is -0.454 e. The molecular formula is C21H22N2O4S. The standard InChI is InChI=1S/C21H22N2O4S/c1-14-11-22(12-21(25)23(14)16-5-3-4-6-19(16)28-2)20(24)10-15-7-8-17-18(9-15)27-13-26-17/h3-9,14H,10-13H2,1-2H3/t14-/m0/s1. The molecule has 0 aliphatic carbocycles. The molecule has 2 aliphatic rings. The molecule has 0 N–H and O–H groups in total. The summed E-state index contributed by atoms with van der Waals surface area (Å²) in [7, 11) is 0. The van der Waals surface area contributed by atoms with E-state index in [0.29, 0.717) is 18.0 Å². The Bertz CT molecular complexity index is 917. The molecule has 6 nitrogen and oxygen atoms in total. The average molecular weight is 398 g/mol. The third-order valence-electron chi connectivity index (χ3n) is 5.01. The Kier molecular flexibility index (Phi) is 5.17. The number of para-hydroxylation sites is 1. The molecule has 28 heavy (non-hydrogen) atoms. The van der Waals surface area contributed by atoms with Gasteiger partial charge in [-0.25, -0.2) is 0 Å². The maximum atomic E-state index is 12.9. The van der Waals surface area contributed by atoms with Crippen molar-refractivity contribution < 1.29 is 19.1 Å². The minimum atomic E-state index is -0.0877. The number of piperazine rings is 1. The van der Waals surface area contributed by atoms with Crippen LogP contribution < -0.4 is 14.4 Å². The Morgan fingerprint density at radius 3 is 2.75 bits per heavy atom. The second kappa shape index (κ2) is 7.75. The fourth-order valence-electron chi connectivity index (χ4n) is 3.68. The smallest absolute Gasteiger partial charge is 0.246 e. The molecule has 2 aromatic rings. The molecule has 0 radical (unpaired) electrons. The van der Waals surface area contributed by atoms with Crippen molar-refractivity contribution in [3.63, 3.8) is 0 Å². The number of hydrogen-bond donors (Lipinski definition) is 0. The second-order valence-corrected chi connectivity index (χ2v) is 7.77. The summed E-state index contributed by atoms with van der Waals surface area (Å²) < 4.78 is 10.7. The van der Waals surface area contributed by atoms with Gasteiger partial charge < -0.3 is 19.3 Å². The van der Waals surface area contributed by atoms with Crippen molar-refractivity contribution in [3.8, 4) is 11.5 Å². The number of carbonyl (C=O) groups is 2. The first-order chi connectivity index (χ1) is 13.6. The topological polar surface area (TPSA) is 59.1 Å². The number of nitrogens with zero attached hydrogens (tertiary/aromatic N) is 2. The van der Waals surface area contributed by atoms with Crippen molar-refractivity contribution in [2.24, 2.45) is 0 Å². The number of benzene rings is 2. The van der Waals surface area contributed by atoms with Crippen LogP contribution in [0.2, 0.25) is 0 Å². The maximum absolute atomic E-state index is 12.9. The van der Waals surface area contributed by atoms with Crippen LogP contribution in [-0.2, 0) is 16.0 Å². The summed E-state index contributed by atoms with van der Waals surface area (Å²) in [5, 5.41) is 0. The minimum absolute atomic E-state index is 0.0562. The highest BCUT2D eigenvalue weighted by Crippen LogP contribution is 2.33. The van der Waals surface area contributed by atoms with Gasteiger partial charge in [0.05, 0.1) is 18.2 Å². The molecule has 4 rings (SSSR count). The zero-order valence-corrected chi connectivity index (χ0v) is 16.7. The first kappa shape index (κ1) is 18.7. The lowest BCUT2D eigenvalue weighted by Crippen LogP contribution is -2.57. The van der Waals surface area contributed by atoms with E-state index in [1.165, 1.54) is 0 Å². The second-order valence-electron chi connectivity index (χ2n) is 6.92. The Labute approximate surface area is 168 Å². The lowest BCUT2D eigenvalue weighted by Gasteiger charge is -2.40. The van der Waals surface area contributed by atoms with Crippen LogP contribution >= 0.6 is 11.8 Å². The van der Waals surface area contributed by atoms with E-state index in [0.717, 1.165) is 16.1 Å². The van der Waals surface area contributed by atoms with Gasteiger partial charge in [-0.3, -0.25) is 9.59 Å². The molecule has 0 spiro atoms. The third-order valence-corrected chi connectivity index (χ3v) is 5.79. The lowest BCUT2D eigenvalue weighted by molar-refractivity contribution is -0.137. The highest BCUT2D eigenvalue weighted by atomic mass is 32.2. The SMILES string of the molecule is CSc1ccccc1N1C(=O)CN(C(=O)Cc2ccc3c(c2)OCO3)C[C@@H]1C. The summed E-state index contributed by atoms with van der Waals surface area (Å²) in [6.07, 6.45) is 2.23. The van der Waals surface area contributed by atoms with Gasteiger partial charge >= 0.3 is 0 Å². The van der Waals surface area contributed by atoms with Gasteiger partial charge in [-0.05, 0) is 43.0 Å². The zero-order valence-electron chi connectivity index (χ0n) is 15.9. The van der Waals surface area contributed by atoms with Gasteiger partial charge in [-0.2, -0.15) is 0 Å². The number of hydrogen-bond acceptors (Lipinski definition) is 5. The van der Waals surface area contributed by atoms with Gasteiger partial charge in [-0.1, -0.05) is 18.2 Å². The van der Waals surface area contributed by atoms with Crippen LogP contribution in [0, 0.1) is 0 Å². The summed E-state index contributed by atoms with van der Waals surface area (Å²) >= 11 is 1.62. The van der Waals surface area contributed by atoms with Crippen molar-refractivity contribution in [1.82, 2.24) is 4.90 Å². The molecule has 146 valence electrons. The van der Waals surface area contributed by atoms with Crippen LogP contribution in [0.4, 0.5) is 5.69 Å².